The average molecular weight is 613 g/mol. The van der Waals surface area contributed by atoms with Crippen molar-refractivity contribution in [1.82, 2.24) is 9.97 Å². The monoisotopic (exact) mass is 612 g/mol. The Morgan fingerprint density at radius 3 is 1.19 bits per heavy atom. The van der Waals surface area contributed by atoms with E-state index < -0.39 is 0 Å². The van der Waals surface area contributed by atoms with Gasteiger partial charge in [-0.15, -0.1) is 45.3 Å². The van der Waals surface area contributed by atoms with Crippen molar-refractivity contribution >= 4 is 98.5 Å². The first kappa shape index (κ1) is 24.3. The summed E-state index contributed by atoms with van der Waals surface area (Å²) in [5, 5.41) is 15.5. The van der Waals surface area contributed by atoms with Crippen molar-refractivity contribution in [3.8, 4) is 22.5 Å². The molecule has 0 amide bonds. The highest BCUT2D eigenvalue weighted by molar-refractivity contribution is 7.17. The molecular formula is C34H20N4S4. The van der Waals surface area contributed by atoms with E-state index in [1.807, 2.05) is 0 Å². The summed E-state index contributed by atoms with van der Waals surface area (Å²) in [5.74, 6) is 0. The van der Waals surface area contributed by atoms with Crippen LogP contribution in [0.3, 0.4) is 0 Å². The summed E-state index contributed by atoms with van der Waals surface area (Å²) in [5.41, 5.74) is 8.01. The summed E-state index contributed by atoms with van der Waals surface area (Å²) >= 11 is 6.91. The molecule has 0 unspecified atom stereocenters. The number of hydrogen-bond donors (Lipinski definition) is 0. The Labute approximate surface area is 258 Å². The number of thiophene rings is 4. The second-order valence-corrected chi connectivity index (χ2v) is 13.6. The maximum atomic E-state index is 5.53. The summed E-state index contributed by atoms with van der Waals surface area (Å²) in [6.07, 6.45) is 0. The van der Waals surface area contributed by atoms with Gasteiger partial charge in [0.15, 0.2) is 0 Å². The van der Waals surface area contributed by atoms with E-state index in [2.05, 4.69) is 128 Å². The molecule has 42 heavy (non-hydrogen) atoms. The number of rotatable bonds is 6. The first-order valence-electron chi connectivity index (χ1n) is 13.5. The van der Waals surface area contributed by atoms with Gasteiger partial charge in [0, 0.05) is 16.5 Å². The highest BCUT2D eigenvalue weighted by atomic mass is 32.1. The molecule has 1 aliphatic carbocycles. The van der Waals surface area contributed by atoms with Gasteiger partial charge >= 0.3 is 0 Å². The summed E-state index contributed by atoms with van der Waals surface area (Å²) in [6.45, 7) is 0. The lowest BCUT2D eigenvalue weighted by Gasteiger charge is -2.27. The van der Waals surface area contributed by atoms with Crippen LogP contribution in [0.15, 0.2) is 119 Å². The van der Waals surface area contributed by atoms with E-state index in [1.165, 1.54) is 10.8 Å². The summed E-state index contributed by atoms with van der Waals surface area (Å²) < 4.78 is 0. The molecule has 0 saturated carbocycles. The van der Waals surface area contributed by atoms with E-state index in [0.29, 0.717) is 0 Å². The fraction of sp³-hybridized carbons (Fsp3) is 0. The fourth-order valence-corrected chi connectivity index (χ4v) is 9.00. The van der Waals surface area contributed by atoms with Gasteiger partial charge in [-0.25, -0.2) is 9.97 Å². The highest BCUT2D eigenvalue weighted by Gasteiger charge is 2.29. The largest absolute Gasteiger partial charge is 0.291 e. The van der Waals surface area contributed by atoms with Gasteiger partial charge in [-0.3, -0.25) is 9.80 Å². The quantitative estimate of drug-likeness (QED) is 0.187. The molecule has 0 bridgehead atoms. The number of nitrogens with zero attached hydrogens (tertiary/aromatic N) is 4. The molecule has 9 rings (SSSR count). The molecule has 5 heterocycles. The van der Waals surface area contributed by atoms with Crippen molar-refractivity contribution in [2.75, 3.05) is 9.80 Å². The average Bonchev–Trinajstić information content (AvgIpc) is 3.87. The normalized spacial score (nSPS) is 11.8. The van der Waals surface area contributed by atoms with Crippen LogP contribution in [0.5, 0.6) is 0 Å². The topological polar surface area (TPSA) is 32.3 Å². The van der Waals surface area contributed by atoms with E-state index in [4.69, 9.17) is 9.97 Å². The van der Waals surface area contributed by atoms with E-state index in [9.17, 15) is 0 Å². The SMILES string of the molecule is c1csc(N(c2cccs2)c2ccc(N(c3cccs3)c3cccs3)c3nc4c(nc23)-c2cccc3cccc-4c23)c1. The van der Waals surface area contributed by atoms with Gasteiger partial charge in [0.05, 0.1) is 22.8 Å². The Morgan fingerprint density at radius 1 is 0.429 bits per heavy atom. The van der Waals surface area contributed by atoms with Gasteiger partial charge in [0.1, 0.15) is 31.0 Å². The molecule has 1 aliphatic rings. The first-order chi connectivity index (χ1) is 20.8. The highest BCUT2D eigenvalue weighted by Crippen LogP contribution is 2.51. The Bertz CT molecular complexity index is 1980. The van der Waals surface area contributed by atoms with Crippen molar-refractivity contribution < 1.29 is 0 Å². The lowest BCUT2D eigenvalue weighted by atomic mass is 10.0. The molecule has 200 valence electrons. The predicted molar refractivity (Wildman–Crippen MR) is 182 cm³/mol. The Morgan fingerprint density at radius 2 is 0.833 bits per heavy atom. The van der Waals surface area contributed by atoms with Crippen LogP contribution in [0.1, 0.15) is 0 Å². The number of aromatic nitrogens is 2. The minimum Gasteiger partial charge on any atom is -0.291 e. The van der Waals surface area contributed by atoms with Gasteiger partial charge in [-0.05, 0) is 87.6 Å². The molecule has 0 fully saturated rings. The molecule has 0 spiro atoms. The third kappa shape index (κ3) is 3.63. The third-order valence-corrected chi connectivity index (χ3v) is 11.0. The summed E-state index contributed by atoms with van der Waals surface area (Å²) in [7, 11) is 0. The molecule has 0 saturated heterocycles. The lowest BCUT2D eigenvalue weighted by Crippen LogP contribution is -2.12. The van der Waals surface area contributed by atoms with Gasteiger partial charge in [0.25, 0.3) is 0 Å². The molecule has 0 aliphatic heterocycles. The maximum Gasteiger partial charge on any atom is 0.116 e. The van der Waals surface area contributed by atoms with Crippen LogP contribution in [0.4, 0.5) is 31.4 Å². The van der Waals surface area contributed by atoms with Crippen molar-refractivity contribution in [1.29, 1.82) is 0 Å². The zero-order chi connectivity index (χ0) is 27.6. The molecule has 3 aromatic carbocycles. The van der Waals surface area contributed by atoms with Crippen LogP contribution in [-0.4, -0.2) is 9.97 Å². The smallest absolute Gasteiger partial charge is 0.116 e. The van der Waals surface area contributed by atoms with Crippen LogP contribution >= 0.6 is 45.3 Å². The minimum absolute atomic E-state index is 0.885. The molecule has 8 aromatic rings. The Balaban J connectivity index is 1.39. The zero-order valence-corrected chi connectivity index (χ0v) is 25.2. The maximum absolute atomic E-state index is 5.53. The van der Waals surface area contributed by atoms with E-state index in [1.54, 1.807) is 45.3 Å². The van der Waals surface area contributed by atoms with Crippen molar-refractivity contribution in [2.24, 2.45) is 0 Å². The Kier molecular flexibility index (Phi) is 5.55. The second kappa shape index (κ2) is 9.61. The molecule has 4 nitrogen and oxygen atoms in total. The molecule has 0 N–H and O–H groups in total. The second-order valence-electron chi connectivity index (χ2n) is 9.91. The van der Waals surface area contributed by atoms with Gasteiger partial charge < -0.3 is 0 Å². The number of benzene rings is 3. The first-order valence-corrected chi connectivity index (χ1v) is 17.0. The van der Waals surface area contributed by atoms with E-state index in [0.717, 1.165) is 64.9 Å². The van der Waals surface area contributed by atoms with E-state index in [-0.39, 0.29) is 0 Å². The molecule has 0 atom stereocenters. The number of anilines is 6. The van der Waals surface area contributed by atoms with Gasteiger partial charge in [-0.1, -0.05) is 36.4 Å². The van der Waals surface area contributed by atoms with Crippen LogP contribution < -0.4 is 9.80 Å². The zero-order valence-electron chi connectivity index (χ0n) is 22.0. The summed E-state index contributed by atoms with van der Waals surface area (Å²) in [4.78, 5) is 15.7. The lowest BCUT2D eigenvalue weighted by molar-refractivity contribution is 1.26. The fourth-order valence-electron chi connectivity index (χ4n) is 5.86. The molecule has 8 heteroatoms. The van der Waals surface area contributed by atoms with Crippen molar-refractivity contribution in [2.45, 2.75) is 0 Å². The molecule has 5 aromatic heterocycles. The standard InChI is InChI=1S/C34H20N4S4/c1-7-21-8-2-10-23-30(21)22(9-1)31-32(23)36-34-25(38(28-13-5-19-41-28)29-14-6-20-42-29)16-15-24(33(34)35-31)37(26-11-3-17-39-26)27-12-4-18-40-27/h1-20H. The summed E-state index contributed by atoms with van der Waals surface area (Å²) in [6, 6.07) is 34.5. The number of fused-ring (bicyclic) bond motifs is 4. The third-order valence-electron chi connectivity index (χ3n) is 7.58. The molecule has 0 radical (unpaired) electrons. The number of hydrogen-bond acceptors (Lipinski definition) is 8. The van der Waals surface area contributed by atoms with Crippen LogP contribution in [0.2, 0.25) is 0 Å². The van der Waals surface area contributed by atoms with E-state index >= 15 is 0 Å². The predicted octanol–water partition coefficient (Wildman–Crippen LogP) is 11.6. The Hall–Kier alpha value is -4.34. The van der Waals surface area contributed by atoms with Crippen molar-refractivity contribution in [3.63, 3.8) is 0 Å². The van der Waals surface area contributed by atoms with Crippen LogP contribution in [-0.2, 0) is 0 Å². The van der Waals surface area contributed by atoms with Gasteiger partial charge in [-0.2, -0.15) is 0 Å². The molecular weight excluding hydrogens is 593 g/mol. The van der Waals surface area contributed by atoms with Crippen molar-refractivity contribution in [3.05, 3.63) is 119 Å². The van der Waals surface area contributed by atoms with Crippen LogP contribution in [0.25, 0.3) is 44.3 Å². The van der Waals surface area contributed by atoms with Gasteiger partial charge in [0.2, 0.25) is 0 Å². The minimum atomic E-state index is 0.885. The van der Waals surface area contributed by atoms with Crippen LogP contribution in [0, 0.1) is 0 Å².